The molecule has 0 unspecified atom stereocenters. The van der Waals surface area contributed by atoms with Crippen LogP contribution in [-0.4, -0.2) is 47.8 Å². The Bertz CT molecular complexity index is 710. The van der Waals surface area contributed by atoms with E-state index in [1.807, 2.05) is 31.9 Å². The number of nitrogens with one attached hydrogen (secondary N) is 1. The SMILES string of the molecule is Cc1ccc(C)c(OCCCCC(=O)Nc2cnn(CCN(C)C)c2)c1. The van der Waals surface area contributed by atoms with Crippen molar-refractivity contribution in [3.63, 3.8) is 0 Å². The lowest BCUT2D eigenvalue weighted by Gasteiger charge is -2.10. The molecule has 2 aromatic rings. The van der Waals surface area contributed by atoms with Crippen LogP contribution in [0.4, 0.5) is 5.69 Å². The fourth-order valence-electron chi connectivity index (χ4n) is 2.51. The number of benzene rings is 1. The number of aryl methyl sites for hydroxylation is 2. The van der Waals surface area contributed by atoms with E-state index >= 15 is 0 Å². The highest BCUT2D eigenvalue weighted by molar-refractivity contribution is 5.90. The zero-order chi connectivity index (χ0) is 18.9. The number of carbonyl (C=O) groups is 1. The number of ether oxygens (including phenoxy) is 1. The molecule has 0 saturated carbocycles. The molecule has 6 heteroatoms. The number of hydrogen-bond donors (Lipinski definition) is 1. The minimum atomic E-state index is 0.0175. The van der Waals surface area contributed by atoms with Crippen LogP contribution in [0.2, 0.25) is 0 Å². The minimum absolute atomic E-state index is 0.0175. The van der Waals surface area contributed by atoms with E-state index in [0.29, 0.717) is 13.0 Å². The van der Waals surface area contributed by atoms with Gasteiger partial charge >= 0.3 is 0 Å². The van der Waals surface area contributed by atoms with Gasteiger partial charge in [0.1, 0.15) is 5.75 Å². The van der Waals surface area contributed by atoms with E-state index in [9.17, 15) is 4.79 Å². The fourth-order valence-corrected chi connectivity index (χ4v) is 2.51. The van der Waals surface area contributed by atoms with Gasteiger partial charge in [-0.3, -0.25) is 9.48 Å². The highest BCUT2D eigenvalue weighted by atomic mass is 16.5. The van der Waals surface area contributed by atoms with Gasteiger partial charge in [0.15, 0.2) is 0 Å². The highest BCUT2D eigenvalue weighted by Gasteiger charge is 2.05. The second kappa shape index (κ2) is 9.97. The molecule has 0 aliphatic heterocycles. The van der Waals surface area contributed by atoms with Gasteiger partial charge < -0.3 is 15.0 Å². The quantitative estimate of drug-likeness (QED) is 0.663. The average Bonchev–Trinajstić information content (AvgIpc) is 3.03. The van der Waals surface area contributed by atoms with Crippen LogP contribution in [0.15, 0.2) is 30.6 Å². The van der Waals surface area contributed by atoms with Crippen molar-refractivity contribution >= 4 is 11.6 Å². The number of anilines is 1. The molecular formula is C20H30N4O2. The van der Waals surface area contributed by atoms with Crippen molar-refractivity contribution in [1.82, 2.24) is 14.7 Å². The maximum atomic E-state index is 12.0. The molecule has 26 heavy (non-hydrogen) atoms. The first-order chi connectivity index (χ1) is 12.4. The van der Waals surface area contributed by atoms with Crippen molar-refractivity contribution in [2.75, 3.05) is 32.6 Å². The number of unbranched alkanes of at least 4 members (excludes halogenated alkanes) is 1. The Balaban J connectivity index is 1.64. The van der Waals surface area contributed by atoms with Crippen LogP contribution >= 0.6 is 0 Å². The van der Waals surface area contributed by atoms with Crippen molar-refractivity contribution in [2.45, 2.75) is 39.7 Å². The fraction of sp³-hybridized carbons (Fsp3) is 0.500. The number of hydrogen-bond acceptors (Lipinski definition) is 4. The number of carbonyl (C=O) groups excluding carboxylic acids is 1. The Kier molecular flexibility index (Phi) is 7.66. The number of amides is 1. The smallest absolute Gasteiger partial charge is 0.224 e. The monoisotopic (exact) mass is 358 g/mol. The summed E-state index contributed by atoms with van der Waals surface area (Å²) >= 11 is 0. The predicted octanol–water partition coefficient (Wildman–Crippen LogP) is 3.25. The van der Waals surface area contributed by atoms with E-state index in [2.05, 4.69) is 40.4 Å². The molecule has 0 bridgehead atoms. The van der Waals surface area contributed by atoms with Gasteiger partial charge in [-0.25, -0.2) is 0 Å². The van der Waals surface area contributed by atoms with Gasteiger partial charge in [0, 0.05) is 19.2 Å². The molecule has 0 aliphatic carbocycles. The van der Waals surface area contributed by atoms with Gasteiger partial charge in [0.25, 0.3) is 0 Å². The molecule has 1 amide bonds. The molecule has 6 nitrogen and oxygen atoms in total. The Morgan fingerprint density at radius 2 is 2.08 bits per heavy atom. The molecule has 1 aromatic carbocycles. The third-order valence-electron chi connectivity index (χ3n) is 4.09. The summed E-state index contributed by atoms with van der Waals surface area (Å²) in [5.41, 5.74) is 3.08. The third-order valence-corrected chi connectivity index (χ3v) is 4.09. The van der Waals surface area contributed by atoms with Gasteiger partial charge in [-0.1, -0.05) is 12.1 Å². The largest absolute Gasteiger partial charge is 0.493 e. The van der Waals surface area contributed by atoms with Gasteiger partial charge in [-0.2, -0.15) is 5.10 Å². The first-order valence-electron chi connectivity index (χ1n) is 9.11. The summed E-state index contributed by atoms with van der Waals surface area (Å²) in [6.45, 7) is 6.44. The molecule has 0 aliphatic rings. The molecule has 142 valence electrons. The number of nitrogens with zero attached hydrogens (tertiary/aromatic N) is 3. The summed E-state index contributed by atoms with van der Waals surface area (Å²) < 4.78 is 7.66. The van der Waals surface area contributed by atoms with Crippen molar-refractivity contribution in [1.29, 1.82) is 0 Å². The first kappa shape index (κ1) is 20.0. The van der Waals surface area contributed by atoms with Crippen molar-refractivity contribution < 1.29 is 9.53 Å². The second-order valence-corrected chi connectivity index (χ2v) is 6.92. The van der Waals surface area contributed by atoms with Gasteiger partial charge in [-0.15, -0.1) is 0 Å². The molecule has 0 saturated heterocycles. The molecule has 0 fully saturated rings. The Labute approximate surface area is 156 Å². The minimum Gasteiger partial charge on any atom is -0.493 e. The highest BCUT2D eigenvalue weighted by Crippen LogP contribution is 2.19. The van der Waals surface area contributed by atoms with Gasteiger partial charge in [-0.05, 0) is 58.0 Å². The molecule has 1 heterocycles. The third kappa shape index (κ3) is 6.88. The van der Waals surface area contributed by atoms with Gasteiger partial charge in [0.2, 0.25) is 5.91 Å². The average molecular weight is 358 g/mol. The van der Waals surface area contributed by atoms with Crippen LogP contribution in [0.3, 0.4) is 0 Å². The number of aromatic nitrogens is 2. The summed E-state index contributed by atoms with van der Waals surface area (Å²) in [6, 6.07) is 6.20. The van der Waals surface area contributed by atoms with Gasteiger partial charge in [0.05, 0.1) is 25.0 Å². The standard InChI is InChI=1S/C20H30N4O2/c1-16-8-9-17(2)19(13-16)26-12-6-5-7-20(25)22-18-14-21-24(15-18)11-10-23(3)4/h8-9,13-15H,5-7,10-12H2,1-4H3,(H,22,25). The maximum absolute atomic E-state index is 12.0. The van der Waals surface area contributed by atoms with Crippen molar-refractivity contribution in [3.8, 4) is 5.75 Å². The number of likely N-dealkylation sites (N-methyl/N-ethyl adjacent to an activating group) is 1. The molecule has 0 spiro atoms. The summed E-state index contributed by atoms with van der Waals surface area (Å²) in [5, 5.41) is 7.15. The normalized spacial score (nSPS) is 11.0. The van der Waals surface area contributed by atoms with Crippen LogP contribution < -0.4 is 10.1 Å². The van der Waals surface area contributed by atoms with Crippen LogP contribution in [-0.2, 0) is 11.3 Å². The summed E-state index contributed by atoms with van der Waals surface area (Å²) in [6.07, 6.45) is 5.69. The lowest BCUT2D eigenvalue weighted by atomic mass is 10.1. The Morgan fingerprint density at radius 3 is 2.85 bits per heavy atom. The summed E-state index contributed by atoms with van der Waals surface area (Å²) in [5.74, 6) is 0.948. The molecular weight excluding hydrogens is 328 g/mol. The molecule has 1 N–H and O–H groups in total. The topological polar surface area (TPSA) is 59.4 Å². The van der Waals surface area contributed by atoms with E-state index in [4.69, 9.17) is 4.74 Å². The molecule has 1 aromatic heterocycles. The van der Waals surface area contributed by atoms with E-state index in [1.54, 1.807) is 6.20 Å². The predicted molar refractivity (Wildman–Crippen MR) is 105 cm³/mol. The molecule has 2 rings (SSSR count). The van der Waals surface area contributed by atoms with Crippen LogP contribution in [0.5, 0.6) is 5.75 Å². The van der Waals surface area contributed by atoms with E-state index in [1.165, 1.54) is 5.56 Å². The van der Waals surface area contributed by atoms with E-state index in [0.717, 1.165) is 42.9 Å². The zero-order valence-corrected chi connectivity index (χ0v) is 16.3. The Hall–Kier alpha value is -2.34. The summed E-state index contributed by atoms with van der Waals surface area (Å²) in [7, 11) is 4.05. The number of rotatable bonds is 10. The molecule has 0 atom stereocenters. The van der Waals surface area contributed by atoms with Crippen molar-refractivity contribution in [3.05, 3.63) is 41.7 Å². The van der Waals surface area contributed by atoms with Crippen LogP contribution in [0, 0.1) is 13.8 Å². The second-order valence-electron chi connectivity index (χ2n) is 6.92. The Morgan fingerprint density at radius 1 is 1.27 bits per heavy atom. The van der Waals surface area contributed by atoms with Crippen LogP contribution in [0.1, 0.15) is 30.4 Å². The lowest BCUT2D eigenvalue weighted by molar-refractivity contribution is -0.116. The first-order valence-corrected chi connectivity index (χ1v) is 9.11. The van der Waals surface area contributed by atoms with Crippen LogP contribution in [0.25, 0.3) is 0 Å². The molecule has 0 radical (unpaired) electrons. The van der Waals surface area contributed by atoms with E-state index < -0.39 is 0 Å². The summed E-state index contributed by atoms with van der Waals surface area (Å²) in [4.78, 5) is 14.1. The van der Waals surface area contributed by atoms with Crippen molar-refractivity contribution in [2.24, 2.45) is 0 Å². The lowest BCUT2D eigenvalue weighted by Crippen LogP contribution is -2.18. The zero-order valence-electron chi connectivity index (χ0n) is 16.3. The van der Waals surface area contributed by atoms with E-state index in [-0.39, 0.29) is 5.91 Å². The maximum Gasteiger partial charge on any atom is 0.224 e.